The fraction of sp³-hybridized carbons (Fsp3) is 0.333. The van der Waals surface area contributed by atoms with E-state index >= 15 is 0 Å². The highest BCUT2D eigenvalue weighted by Gasteiger charge is 2.18. The van der Waals surface area contributed by atoms with Crippen LogP contribution < -0.4 is 4.74 Å². The number of aryl methyl sites for hydroxylation is 2. The molecule has 0 heterocycles. The zero-order valence-corrected chi connectivity index (χ0v) is 11.8. The summed E-state index contributed by atoms with van der Waals surface area (Å²) in [5, 5.41) is 10.0. The molecule has 2 aromatic carbocycles. The average Bonchev–Trinajstić information content (AvgIpc) is 2.47. The van der Waals surface area contributed by atoms with Gasteiger partial charge in [-0.05, 0) is 55.0 Å². The number of aliphatic hydroxyl groups excluding tert-OH is 1. The minimum atomic E-state index is -0.332. The number of rotatable bonds is 3. The van der Waals surface area contributed by atoms with Gasteiger partial charge in [-0.15, -0.1) is 0 Å². The van der Waals surface area contributed by atoms with Gasteiger partial charge in [0.1, 0.15) is 12.4 Å². The molecule has 1 aliphatic carbocycles. The minimum absolute atomic E-state index is 0.332. The maximum Gasteiger partial charge on any atom is 0.120 e. The summed E-state index contributed by atoms with van der Waals surface area (Å²) in [7, 11) is 0. The van der Waals surface area contributed by atoms with Gasteiger partial charge in [0.05, 0.1) is 6.10 Å². The summed E-state index contributed by atoms with van der Waals surface area (Å²) in [4.78, 5) is 0. The molecule has 1 aliphatic rings. The Morgan fingerprint density at radius 1 is 1.15 bits per heavy atom. The highest BCUT2D eigenvalue weighted by Crippen LogP contribution is 2.32. The van der Waals surface area contributed by atoms with Crippen LogP contribution in [-0.4, -0.2) is 5.11 Å². The van der Waals surface area contributed by atoms with Crippen LogP contribution in [-0.2, 0) is 13.0 Å². The second-order valence-electron chi connectivity index (χ2n) is 5.54. The van der Waals surface area contributed by atoms with Crippen LogP contribution in [0.15, 0.2) is 42.5 Å². The van der Waals surface area contributed by atoms with E-state index in [9.17, 15) is 5.11 Å². The molecule has 0 amide bonds. The number of aliphatic hydroxyl groups is 1. The maximum atomic E-state index is 10.0. The molecule has 0 aromatic heterocycles. The first-order valence-electron chi connectivity index (χ1n) is 7.21. The number of hydrogen-bond acceptors (Lipinski definition) is 2. The standard InChI is InChI=1S/C18H20O2/c1-13-5-7-14(8-6-13)12-20-16-10-9-15-3-2-4-18(19)17(15)11-16/h5-11,18-19H,2-4,12H2,1H3/t18-/m1/s1. The van der Waals surface area contributed by atoms with Crippen molar-refractivity contribution in [2.24, 2.45) is 0 Å². The molecular weight excluding hydrogens is 248 g/mol. The highest BCUT2D eigenvalue weighted by molar-refractivity contribution is 5.38. The van der Waals surface area contributed by atoms with Gasteiger partial charge < -0.3 is 9.84 Å². The Hall–Kier alpha value is -1.80. The first-order chi connectivity index (χ1) is 9.72. The molecule has 0 saturated heterocycles. The van der Waals surface area contributed by atoms with Crippen molar-refractivity contribution in [1.29, 1.82) is 0 Å². The van der Waals surface area contributed by atoms with Crippen molar-refractivity contribution in [3.8, 4) is 5.75 Å². The number of hydrogen-bond donors (Lipinski definition) is 1. The predicted molar refractivity (Wildman–Crippen MR) is 79.9 cm³/mol. The van der Waals surface area contributed by atoms with Crippen LogP contribution in [0.25, 0.3) is 0 Å². The van der Waals surface area contributed by atoms with E-state index in [-0.39, 0.29) is 6.10 Å². The van der Waals surface area contributed by atoms with E-state index < -0.39 is 0 Å². The SMILES string of the molecule is Cc1ccc(COc2ccc3c(c2)[C@H](O)CCC3)cc1. The lowest BCUT2D eigenvalue weighted by molar-refractivity contribution is 0.156. The van der Waals surface area contributed by atoms with Gasteiger partial charge in [0.25, 0.3) is 0 Å². The molecule has 3 rings (SSSR count). The van der Waals surface area contributed by atoms with E-state index in [1.54, 1.807) is 0 Å². The maximum absolute atomic E-state index is 10.0. The normalized spacial score (nSPS) is 17.6. The van der Waals surface area contributed by atoms with E-state index in [1.807, 2.05) is 12.1 Å². The molecule has 0 unspecified atom stereocenters. The Morgan fingerprint density at radius 2 is 1.95 bits per heavy atom. The predicted octanol–water partition coefficient (Wildman–Crippen LogP) is 3.94. The first kappa shape index (κ1) is 13.2. The minimum Gasteiger partial charge on any atom is -0.489 e. The van der Waals surface area contributed by atoms with Crippen molar-refractivity contribution in [1.82, 2.24) is 0 Å². The van der Waals surface area contributed by atoms with Gasteiger partial charge in [-0.1, -0.05) is 35.9 Å². The van der Waals surface area contributed by atoms with Crippen LogP contribution in [0.5, 0.6) is 5.75 Å². The lowest BCUT2D eigenvalue weighted by atomic mass is 9.89. The third-order valence-electron chi connectivity index (χ3n) is 3.93. The summed E-state index contributed by atoms with van der Waals surface area (Å²) in [6.07, 6.45) is 2.65. The van der Waals surface area contributed by atoms with E-state index in [2.05, 4.69) is 37.3 Å². The second-order valence-corrected chi connectivity index (χ2v) is 5.54. The molecule has 0 fully saturated rings. The van der Waals surface area contributed by atoms with E-state index in [0.29, 0.717) is 6.61 Å². The second kappa shape index (κ2) is 5.68. The first-order valence-corrected chi connectivity index (χ1v) is 7.21. The largest absolute Gasteiger partial charge is 0.489 e. The average molecular weight is 268 g/mol. The van der Waals surface area contributed by atoms with Crippen LogP contribution in [0.3, 0.4) is 0 Å². The summed E-state index contributed by atoms with van der Waals surface area (Å²) in [6, 6.07) is 14.4. The van der Waals surface area contributed by atoms with Gasteiger partial charge in [0.15, 0.2) is 0 Å². The Morgan fingerprint density at radius 3 is 2.75 bits per heavy atom. The molecule has 0 bridgehead atoms. The van der Waals surface area contributed by atoms with Crippen LogP contribution in [0.4, 0.5) is 0 Å². The molecule has 2 heteroatoms. The molecule has 2 nitrogen and oxygen atoms in total. The molecule has 104 valence electrons. The van der Waals surface area contributed by atoms with Crippen molar-refractivity contribution in [2.45, 2.75) is 38.9 Å². The van der Waals surface area contributed by atoms with Gasteiger partial charge in [-0.3, -0.25) is 0 Å². The Kier molecular flexibility index (Phi) is 3.75. The summed E-state index contributed by atoms with van der Waals surface area (Å²) < 4.78 is 5.84. The number of fused-ring (bicyclic) bond motifs is 1. The summed E-state index contributed by atoms with van der Waals surface area (Å²) in [6.45, 7) is 2.64. The molecule has 1 N–H and O–H groups in total. The van der Waals surface area contributed by atoms with Crippen molar-refractivity contribution in [3.05, 3.63) is 64.7 Å². The zero-order chi connectivity index (χ0) is 13.9. The summed E-state index contributed by atoms with van der Waals surface area (Å²) in [5.74, 6) is 0.838. The van der Waals surface area contributed by atoms with Gasteiger partial charge in [0, 0.05) is 0 Å². The molecule has 20 heavy (non-hydrogen) atoms. The summed E-state index contributed by atoms with van der Waals surface area (Å²) in [5.41, 5.74) is 4.71. The van der Waals surface area contributed by atoms with Crippen molar-refractivity contribution >= 4 is 0 Å². The van der Waals surface area contributed by atoms with Crippen LogP contribution in [0.2, 0.25) is 0 Å². The topological polar surface area (TPSA) is 29.5 Å². The van der Waals surface area contributed by atoms with Gasteiger partial charge >= 0.3 is 0 Å². The molecule has 0 aliphatic heterocycles. The lowest BCUT2D eigenvalue weighted by Crippen LogP contribution is -2.09. The third kappa shape index (κ3) is 2.86. The lowest BCUT2D eigenvalue weighted by Gasteiger charge is -2.22. The number of benzene rings is 2. The monoisotopic (exact) mass is 268 g/mol. The van der Waals surface area contributed by atoms with Crippen LogP contribution in [0.1, 0.15) is 41.2 Å². The summed E-state index contributed by atoms with van der Waals surface area (Å²) >= 11 is 0. The van der Waals surface area contributed by atoms with Crippen LogP contribution in [0, 0.1) is 6.92 Å². The van der Waals surface area contributed by atoms with E-state index in [0.717, 1.165) is 36.1 Å². The van der Waals surface area contributed by atoms with Gasteiger partial charge in [-0.25, -0.2) is 0 Å². The van der Waals surface area contributed by atoms with Crippen molar-refractivity contribution in [3.63, 3.8) is 0 Å². The molecular formula is C18H20O2. The zero-order valence-electron chi connectivity index (χ0n) is 11.8. The van der Waals surface area contributed by atoms with Gasteiger partial charge in [-0.2, -0.15) is 0 Å². The molecule has 0 spiro atoms. The van der Waals surface area contributed by atoms with Crippen molar-refractivity contribution < 1.29 is 9.84 Å². The van der Waals surface area contributed by atoms with Crippen LogP contribution >= 0.6 is 0 Å². The molecule has 0 radical (unpaired) electrons. The quantitative estimate of drug-likeness (QED) is 0.913. The molecule has 1 atom stereocenters. The Labute approximate surface area is 120 Å². The van der Waals surface area contributed by atoms with E-state index in [1.165, 1.54) is 11.1 Å². The highest BCUT2D eigenvalue weighted by atomic mass is 16.5. The molecule has 2 aromatic rings. The number of ether oxygens (including phenoxy) is 1. The Bertz CT molecular complexity index is 587. The van der Waals surface area contributed by atoms with Gasteiger partial charge in [0.2, 0.25) is 0 Å². The fourth-order valence-electron chi connectivity index (χ4n) is 2.69. The fourth-order valence-corrected chi connectivity index (χ4v) is 2.69. The third-order valence-corrected chi connectivity index (χ3v) is 3.93. The van der Waals surface area contributed by atoms with E-state index in [4.69, 9.17) is 4.74 Å². The smallest absolute Gasteiger partial charge is 0.120 e. The Balaban J connectivity index is 1.72. The molecule has 0 saturated carbocycles. The van der Waals surface area contributed by atoms with Crippen molar-refractivity contribution in [2.75, 3.05) is 0 Å².